The second-order valence-electron chi connectivity index (χ2n) is 7.35. The molecule has 0 aliphatic heterocycles. The molecule has 0 saturated carbocycles. The van der Waals surface area contributed by atoms with E-state index in [1.54, 1.807) is 0 Å². The first-order valence-electron chi connectivity index (χ1n) is 8.30. The van der Waals surface area contributed by atoms with Crippen LogP contribution in [-0.2, 0) is 11.2 Å². The molecule has 4 nitrogen and oxygen atoms in total. The van der Waals surface area contributed by atoms with E-state index in [9.17, 15) is 9.90 Å². The molecular formula is C19H28N2O2. The van der Waals surface area contributed by atoms with Crippen LogP contribution in [0.4, 0.5) is 0 Å². The minimum absolute atomic E-state index is 0.0307. The summed E-state index contributed by atoms with van der Waals surface area (Å²) in [6.45, 7) is 8.44. The lowest BCUT2D eigenvalue weighted by atomic mass is 9.80. The van der Waals surface area contributed by atoms with Gasteiger partial charge in [-0.05, 0) is 41.5 Å². The van der Waals surface area contributed by atoms with Gasteiger partial charge in [0.15, 0.2) is 0 Å². The second kappa shape index (κ2) is 7.18. The number of aliphatic hydroxyl groups excluding tert-OH is 1. The first-order chi connectivity index (χ1) is 10.8. The molecule has 1 unspecified atom stereocenters. The van der Waals surface area contributed by atoms with E-state index in [4.69, 9.17) is 0 Å². The highest BCUT2D eigenvalue weighted by molar-refractivity contribution is 5.80. The zero-order valence-corrected chi connectivity index (χ0v) is 14.5. The van der Waals surface area contributed by atoms with Crippen LogP contribution in [0.3, 0.4) is 0 Å². The lowest BCUT2D eigenvalue weighted by molar-refractivity contribution is -0.122. The molecule has 2 aromatic rings. The van der Waals surface area contributed by atoms with E-state index in [1.807, 2.05) is 46.0 Å². The maximum absolute atomic E-state index is 12.1. The SMILES string of the molecule is CC(C)C(O)C(C)(C)CNC(=O)CCc1ccc2[nH]ccc2c1. The number of rotatable bonds is 7. The summed E-state index contributed by atoms with van der Waals surface area (Å²) in [5.74, 6) is 0.207. The fourth-order valence-electron chi connectivity index (χ4n) is 2.94. The molecule has 0 spiro atoms. The molecule has 2 rings (SSSR count). The number of benzene rings is 1. The minimum Gasteiger partial charge on any atom is -0.392 e. The van der Waals surface area contributed by atoms with Crippen LogP contribution in [0.15, 0.2) is 30.5 Å². The number of fused-ring (bicyclic) bond motifs is 1. The van der Waals surface area contributed by atoms with Gasteiger partial charge in [0.05, 0.1) is 6.10 Å². The number of hydrogen-bond donors (Lipinski definition) is 3. The van der Waals surface area contributed by atoms with Crippen LogP contribution in [0.1, 0.15) is 39.7 Å². The van der Waals surface area contributed by atoms with Gasteiger partial charge in [-0.15, -0.1) is 0 Å². The number of carbonyl (C=O) groups is 1. The molecule has 23 heavy (non-hydrogen) atoms. The number of hydrogen-bond acceptors (Lipinski definition) is 2. The molecule has 1 aromatic heterocycles. The first-order valence-corrected chi connectivity index (χ1v) is 8.30. The van der Waals surface area contributed by atoms with E-state index < -0.39 is 6.10 Å². The van der Waals surface area contributed by atoms with Gasteiger partial charge in [0, 0.05) is 30.1 Å². The van der Waals surface area contributed by atoms with E-state index in [1.165, 1.54) is 5.39 Å². The third-order valence-corrected chi connectivity index (χ3v) is 4.43. The van der Waals surface area contributed by atoms with Crippen LogP contribution >= 0.6 is 0 Å². The van der Waals surface area contributed by atoms with Gasteiger partial charge in [0.2, 0.25) is 5.91 Å². The molecule has 1 heterocycles. The number of amides is 1. The molecule has 1 atom stereocenters. The zero-order valence-electron chi connectivity index (χ0n) is 14.5. The Hall–Kier alpha value is -1.81. The molecule has 0 fully saturated rings. The quantitative estimate of drug-likeness (QED) is 0.734. The molecule has 0 saturated heterocycles. The summed E-state index contributed by atoms with van der Waals surface area (Å²) >= 11 is 0. The van der Waals surface area contributed by atoms with Crippen LogP contribution in [0, 0.1) is 11.3 Å². The number of H-pyrrole nitrogens is 1. The smallest absolute Gasteiger partial charge is 0.220 e. The Bertz CT molecular complexity index is 658. The summed E-state index contributed by atoms with van der Waals surface area (Å²) in [5, 5.41) is 14.3. The Morgan fingerprint density at radius 3 is 2.74 bits per heavy atom. The third kappa shape index (κ3) is 4.58. The fraction of sp³-hybridized carbons (Fsp3) is 0.526. The Morgan fingerprint density at radius 1 is 1.30 bits per heavy atom. The molecule has 126 valence electrons. The number of aliphatic hydroxyl groups is 1. The van der Waals surface area contributed by atoms with Crippen molar-refractivity contribution in [2.45, 2.75) is 46.6 Å². The highest BCUT2D eigenvalue weighted by atomic mass is 16.3. The topological polar surface area (TPSA) is 65.1 Å². The normalized spacial score (nSPS) is 13.5. The summed E-state index contributed by atoms with van der Waals surface area (Å²) in [6.07, 6.45) is 2.67. The van der Waals surface area contributed by atoms with Crippen LogP contribution in [0.2, 0.25) is 0 Å². The van der Waals surface area contributed by atoms with Crippen molar-refractivity contribution in [1.29, 1.82) is 0 Å². The number of aromatic nitrogens is 1. The van der Waals surface area contributed by atoms with Crippen LogP contribution in [0.5, 0.6) is 0 Å². The van der Waals surface area contributed by atoms with E-state index >= 15 is 0 Å². The molecule has 1 amide bonds. The van der Waals surface area contributed by atoms with Crippen LogP contribution in [0.25, 0.3) is 10.9 Å². The number of carbonyl (C=O) groups excluding carboxylic acids is 1. The van der Waals surface area contributed by atoms with Crippen LogP contribution < -0.4 is 5.32 Å². The molecule has 1 aromatic carbocycles. The van der Waals surface area contributed by atoms with Crippen molar-refractivity contribution in [3.8, 4) is 0 Å². The Kier molecular flexibility index (Phi) is 5.47. The monoisotopic (exact) mass is 316 g/mol. The Morgan fingerprint density at radius 2 is 2.04 bits per heavy atom. The van der Waals surface area contributed by atoms with Crippen molar-refractivity contribution in [3.63, 3.8) is 0 Å². The zero-order chi connectivity index (χ0) is 17.0. The maximum atomic E-state index is 12.1. The predicted octanol–water partition coefficient (Wildman–Crippen LogP) is 3.26. The van der Waals surface area contributed by atoms with Gasteiger partial charge in [0.25, 0.3) is 0 Å². The van der Waals surface area contributed by atoms with E-state index in [-0.39, 0.29) is 17.2 Å². The van der Waals surface area contributed by atoms with Crippen molar-refractivity contribution in [2.24, 2.45) is 11.3 Å². The molecule has 3 N–H and O–H groups in total. The van der Waals surface area contributed by atoms with Gasteiger partial charge < -0.3 is 15.4 Å². The molecule has 0 radical (unpaired) electrons. The lowest BCUT2D eigenvalue weighted by Crippen LogP contribution is -2.43. The standard InChI is InChI=1S/C19H28N2O2/c1-13(2)18(23)19(3,4)12-21-17(22)8-6-14-5-7-16-15(11-14)9-10-20-16/h5,7,9-11,13,18,20,23H,6,8,12H2,1-4H3,(H,21,22). The van der Waals surface area contributed by atoms with Gasteiger partial charge in [-0.1, -0.05) is 33.8 Å². The number of nitrogens with one attached hydrogen (secondary N) is 2. The predicted molar refractivity (Wildman–Crippen MR) is 94.3 cm³/mol. The van der Waals surface area contributed by atoms with E-state index in [0.717, 1.165) is 17.5 Å². The lowest BCUT2D eigenvalue weighted by Gasteiger charge is -2.33. The number of aryl methyl sites for hydroxylation is 1. The average Bonchev–Trinajstić information content (AvgIpc) is 2.97. The van der Waals surface area contributed by atoms with Gasteiger partial charge in [0.1, 0.15) is 0 Å². The average molecular weight is 316 g/mol. The summed E-state index contributed by atoms with van der Waals surface area (Å²) in [4.78, 5) is 15.2. The van der Waals surface area contributed by atoms with Crippen molar-refractivity contribution in [3.05, 3.63) is 36.0 Å². The highest BCUT2D eigenvalue weighted by Gasteiger charge is 2.30. The molecular weight excluding hydrogens is 288 g/mol. The molecule has 0 aliphatic carbocycles. The third-order valence-electron chi connectivity index (χ3n) is 4.43. The Balaban J connectivity index is 1.83. The van der Waals surface area contributed by atoms with Gasteiger partial charge >= 0.3 is 0 Å². The molecule has 0 bridgehead atoms. The summed E-state index contributed by atoms with van der Waals surface area (Å²) in [5.41, 5.74) is 1.95. The Labute approximate surface area is 138 Å². The van der Waals surface area contributed by atoms with E-state index in [2.05, 4.69) is 22.4 Å². The second-order valence-corrected chi connectivity index (χ2v) is 7.35. The van der Waals surface area contributed by atoms with E-state index in [0.29, 0.717) is 13.0 Å². The van der Waals surface area contributed by atoms with Gasteiger partial charge in [-0.2, -0.15) is 0 Å². The molecule has 4 heteroatoms. The van der Waals surface area contributed by atoms with Crippen molar-refractivity contribution in [2.75, 3.05) is 6.54 Å². The van der Waals surface area contributed by atoms with Gasteiger partial charge in [-0.25, -0.2) is 0 Å². The van der Waals surface area contributed by atoms with Crippen LogP contribution in [-0.4, -0.2) is 28.6 Å². The number of aromatic amines is 1. The maximum Gasteiger partial charge on any atom is 0.220 e. The van der Waals surface area contributed by atoms with Crippen molar-refractivity contribution >= 4 is 16.8 Å². The summed E-state index contributed by atoms with van der Waals surface area (Å²) in [7, 11) is 0. The van der Waals surface area contributed by atoms with Crippen molar-refractivity contribution < 1.29 is 9.90 Å². The molecule has 0 aliphatic rings. The largest absolute Gasteiger partial charge is 0.392 e. The summed E-state index contributed by atoms with van der Waals surface area (Å²) in [6, 6.07) is 8.25. The highest BCUT2D eigenvalue weighted by Crippen LogP contribution is 2.25. The first kappa shape index (κ1) is 17.5. The van der Waals surface area contributed by atoms with Gasteiger partial charge in [-0.3, -0.25) is 4.79 Å². The fourth-order valence-corrected chi connectivity index (χ4v) is 2.94. The summed E-state index contributed by atoms with van der Waals surface area (Å²) < 4.78 is 0. The van der Waals surface area contributed by atoms with Crippen molar-refractivity contribution in [1.82, 2.24) is 10.3 Å². The minimum atomic E-state index is -0.432.